The lowest BCUT2D eigenvalue weighted by molar-refractivity contribution is -0.144. The van der Waals surface area contributed by atoms with Gasteiger partial charge in [-0.3, -0.25) is 4.79 Å². The Bertz CT molecular complexity index is 490. The lowest BCUT2D eigenvalue weighted by atomic mass is 10.3. The molecule has 0 saturated carbocycles. The molecule has 0 bridgehead atoms. The molecule has 2 rings (SSSR count). The molecule has 84 valence electrons. The molecule has 0 spiro atoms. The van der Waals surface area contributed by atoms with Crippen molar-refractivity contribution in [1.82, 2.24) is 9.55 Å². The fourth-order valence-electron chi connectivity index (χ4n) is 1.54. The van der Waals surface area contributed by atoms with Gasteiger partial charge < -0.3 is 9.30 Å². The summed E-state index contributed by atoms with van der Waals surface area (Å²) in [6.45, 7) is 2.67. The zero-order chi connectivity index (χ0) is 11.4. The molecule has 0 unspecified atom stereocenters. The van der Waals surface area contributed by atoms with Crippen molar-refractivity contribution in [3.05, 3.63) is 30.6 Å². The molecule has 4 nitrogen and oxygen atoms in total. The highest BCUT2D eigenvalue weighted by Gasteiger charge is 2.07. The van der Waals surface area contributed by atoms with Crippen molar-refractivity contribution >= 4 is 17.0 Å². The van der Waals surface area contributed by atoms with Crippen molar-refractivity contribution in [3.8, 4) is 0 Å². The smallest absolute Gasteiger partial charge is 0.326 e. The van der Waals surface area contributed by atoms with Crippen LogP contribution in [-0.4, -0.2) is 22.1 Å². The van der Waals surface area contributed by atoms with Gasteiger partial charge in [0, 0.05) is 0 Å². The summed E-state index contributed by atoms with van der Waals surface area (Å²) in [4.78, 5) is 15.6. The molecule has 0 atom stereocenters. The van der Waals surface area contributed by atoms with Crippen LogP contribution in [0.15, 0.2) is 30.6 Å². The molecule has 0 aliphatic heterocycles. The van der Waals surface area contributed by atoms with Crippen LogP contribution in [0.1, 0.15) is 13.3 Å². The molecule has 0 N–H and O–H groups in total. The van der Waals surface area contributed by atoms with Crippen molar-refractivity contribution in [1.29, 1.82) is 0 Å². The van der Waals surface area contributed by atoms with Crippen LogP contribution in [0.5, 0.6) is 0 Å². The van der Waals surface area contributed by atoms with E-state index in [2.05, 4.69) is 4.98 Å². The van der Waals surface area contributed by atoms with Crippen LogP contribution in [0, 0.1) is 0 Å². The van der Waals surface area contributed by atoms with E-state index in [1.165, 1.54) is 0 Å². The Balaban J connectivity index is 2.12. The van der Waals surface area contributed by atoms with Crippen LogP contribution in [0.2, 0.25) is 0 Å². The number of carbonyl (C=O) groups is 1. The van der Waals surface area contributed by atoms with Crippen LogP contribution >= 0.6 is 0 Å². The summed E-state index contributed by atoms with van der Waals surface area (Å²) in [6.07, 6.45) is 2.51. The fourth-order valence-corrected chi connectivity index (χ4v) is 1.54. The molecule has 16 heavy (non-hydrogen) atoms. The number of ether oxygens (including phenoxy) is 1. The molecule has 0 aliphatic rings. The van der Waals surface area contributed by atoms with Crippen molar-refractivity contribution in [2.45, 2.75) is 19.9 Å². The van der Waals surface area contributed by atoms with Crippen molar-refractivity contribution in [2.75, 3.05) is 6.61 Å². The van der Waals surface area contributed by atoms with Crippen LogP contribution in [0.25, 0.3) is 11.0 Å². The Morgan fingerprint density at radius 2 is 2.25 bits per heavy atom. The molecular weight excluding hydrogens is 204 g/mol. The first-order valence-corrected chi connectivity index (χ1v) is 5.36. The van der Waals surface area contributed by atoms with Gasteiger partial charge in [-0.25, -0.2) is 4.98 Å². The van der Waals surface area contributed by atoms with Gasteiger partial charge in [0.2, 0.25) is 0 Å². The third kappa shape index (κ3) is 2.21. The molecule has 4 heteroatoms. The van der Waals surface area contributed by atoms with Crippen molar-refractivity contribution < 1.29 is 9.53 Å². The predicted octanol–water partition coefficient (Wildman–Crippen LogP) is 1.99. The topological polar surface area (TPSA) is 44.1 Å². The highest BCUT2D eigenvalue weighted by molar-refractivity contribution is 5.77. The number of imidazole rings is 1. The van der Waals surface area contributed by atoms with Crippen molar-refractivity contribution in [2.24, 2.45) is 0 Å². The standard InChI is InChI=1S/C12H14N2O2/c1-2-7-16-12(15)8-14-9-13-10-5-3-4-6-11(10)14/h3-6,9H,2,7-8H2,1H3. The third-order valence-electron chi connectivity index (χ3n) is 2.29. The number of rotatable bonds is 4. The first-order chi connectivity index (χ1) is 7.81. The Labute approximate surface area is 93.9 Å². The highest BCUT2D eigenvalue weighted by atomic mass is 16.5. The molecular formula is C12H14N2O2. The quantitative estimate of drug-likeness (QED) is 0.737. The summed E-state index contributed by atoms with van der Waals surface area (Å²) >= 11 is 0. The summed E-state index contributed by atoms with van der Waals surface area (Å²) in [6, 6.07) is 7.71. The van der Waals surface area contributed by atoms with Crippen molar-refractivity contribution in [3.63, 3.8) is 0 Å². The van der Waals surface area contributed by atoms with Gasteiger partial charge in [0.25, 0.3) is 0 Å². The van der Waals surface area contributed by atoms with Gasteiger partial charge in [0.1, 0.15) is 6.54 Å². The van der Waals surface area contributed by atoms with Gasteiger partial charge in [-0.2, -0.15) is 0 Å². The lowest BCUT2D eigenvalue weighted by Crippen LogP contribution is -2.13. The van der Waals surface area contributed by atoms with E-state index in [1.807, 2.05) is 31.2 Å². The number of carbonyl (C=O) groups excluding carboxylic acids is 1. The Hall–Kier alpha value is -1.84. The average Bonchev–Trinajstić information content (AvgIpc) is 2.70. The van der Waals surface area contributed by atoms with E-state index in [-0.39, 0.29) is 12.5 Å². The maximum atomic E-state index is 11.4. The largest absolute Gasteiger partial charge is 0.464 e. The van der Waals surface area contributed by atoms with Crippen LogP contribution < -0.4 is 0 Å². The zero-order valence-electron chi connectivity index (χ0n) is 9.22. The molecule has 2 aromatic rings. The van der Waals surface area contributed by atoms with Crippen LogP contribution in [0.3, 0.4) is 0 Å². The van der Waals surface area contributed by atoms with Gasteiger partial charge >= 0.3 is 5.97 Å². The van der Waals surface area contributed by atoms with Crippen LogP contribution in [0.4, 0.5) is 0 Å². The van der Waals surface area contributed by atoms with Gasteiger partial charge in [-0.1, -0.05) is 19.1 Å². The van der Waals surface area contributed by atoms with E-state index in [4.69, 9.17) is 4.74 Å². The van der Waals surface area contributed by atoms with E-state index >= 15 is 0 Å². The molecule has 0 amide bonds. The molecule has 1 aromatic carbocycles. The van der Waals surface area contributed by atoms with E-state index in [0.717, 1.165) is 17.5 Å². The average molecular weight is 218 g/mol. The number of nitrogens with zero attached hydrogens (tertiary/aromatic N) is 2. The molecule has 0 saturated heterocycles. The lowest BCUT2D eigenvalue weighted by Gasteiger charge is -2.04. The summed E-state index contributed by atoms with van der Waals surface area (Å²) < 4.78 is 6.82. The van der Waals surface area contributed by atoms with E-state index in [0.29, 0.717) is 6.61 Å². The van der Waals surface area contributed by atoms with Gasteiger partial charge in [-0.15, -0.1) is 0 Å². The molecule has 0 fully saturated rings. The maximum Gasteiger partial charge on any atom is 0.326 e. The number of fused-ring (bicyclic) bond motifs is 1. The number of benzene rings is 1. The maximum absolute atomic E-state index is 11.4. The number of hydrogen-bond donors (Lipinski definition) is 0. The van der Waals surface area contributed by atoms with Gasteiger partial charge in [-0.05, 0) is 18.6 Å². The summed E-state index contributed by atoms with van der Waals surface area (Å²) in [5.74, 6) is -0.218. The van der Waals surface area contributed by atoms with Gasteiger partial charge in [0.15, 0.2) is 0 Å². The first-order valence-electron chi connectivity index (χ1n) is 5.36. The number of hydrogen-bond acceptors (Lipinski definition) is 3. The zero-order valence-corrected chi connectivity index (χ0v) is 9.22. The molecule has 0 radical (unpaired) electrons. The number of aromatic nitrogens is 2. The number of esters is 1. The summed E-state index contributed by atoms with van der Waals surface area (Å²) in [7, 11) is 0. The first kappa shape index (κ1) is 10.7. The minimum Gasteiger partial charge on any atom is -0.464 e. The second-order valence-corrected chi connectivity index (χ2v) is 3.58. The number of para-hydroxylation sites is 2. The molecule has 0 aliphatic carbocycles. The second kappa shape index (κ2) is 4.79. The summed E-state index contributed by atoms with van der Waals surface area (Å²) in [5, 5.41) is 0. The Morgan fingerprint density at radius 1 is 1.44 bits per heavy atom. The van der Waals surface area contributed by atoms with Crippen LogP contribution in [-0.2, 0) is 16.1 Å². The SMILES string of the molecule is CCCOC(=O)Cn1cnc2ccccc21. The highest BCUT2D eigenvalue weighted by Crippen LogP contribution is 2.11. The van der Waals surface area contributed by atoms with E-state index in [9.17, 15) is 4.79 Å². The molecule has 1 heterocycles. The van der Waals surface area contributed by atoms with Gasteiger partial charge in [0.05, 0.1) is 24.0 Å². The minimum atomic E-state index is -0.218. The predicted molar refractivity (Wildman–Crippen MR) is 61.0 cm³/mol. The second-order valence-electron chi connectivity index (χ2n) is 3.58. The third-order valence-corrected chi connectivity index (χ3v) is 2.29. The normalized spacial score (nSPS) is 10.6. The van der Waals surface area contributed by atoms with E-state index in [1.54, 1.807) is 10.9 Å². The monoisotopic (exact) mass is 218 g/mol. The Morgan fingerprint density at radius 3 is 3.06 bits per heavy atom. The Kier molecular flexibility index (Phi) is 3.19. The summed E-state index contributed by atoms with van der Waals surface area (Å²) in [5.41, 5.74) is 1.85. The molecule has 1 aromatic heterocycles. The fraction of sp³-hybridized carbons (Fsp3) is 0.333. The minimum absolute atomic E-state index is 0.218. The van der Waals surface area contributed by atoms with E-state index < -0.39 is 0 Å².